The van der Waals surface area contributed by atoms with Crippen molar-refractivity contribution in [2.45, 2.75) is 24.5 Å². The molecule has 1 aliphatic heterocycles. The second-order valence-electron chi connectivity index (χ2n) is 3.60. The maximum Gasteiger partial charge on any atom is 0.331 e. The van der Waals surface area contributed by atoms with Gasteiger partial charge in [0, 0.05) is 5.92 Å². The summed E-state index contributed by atoms with van der Waals surface area (Å²) in [5, 5.41) is 8.88. The van der Waals surface area contributed by atoms with Crippen LogP contribution in [0.1, 0.15) is 13.3 Å². The Bertz CT molecular complexity index is 261. The lowest BCUT2D eigenvalue weighted by atomic mass is 10.1. The second kappa shape index (κ2) is 1.86. The number of hydrogen-bond donors (Lipinski definition) is 3. The predicted octanol–water partition coefficient (Wildman–Crippen LogP) is -0.646. The molecule has 3 N–H and O–H groups in total. The Labute approximate surface area is 69.8 Å². The van der Waals surface area contributed by atoms with Gasteiger partial charge in [-0.3, -0.25) is 4.99 Å². The number of nitrogens with one attached hydrogen (secondary N) is 2. The molecule has 5 heteroatoms. The van der Waals surface area contributed by atoms with E-state index in [0.29, 0.717) is 6.42 Å². The summed E-state index contributed by atoms with van der Waals surface area (Å²) in [4.78, 5) is 14.5. The van der Waals surface area contributed by atoms with Gasteiger partial charge >= 0.3 is 5.97 Å². The predicted molar refractivity (Wildman–Crippen MR) is 42.7 cm³/mol. The minimum Gasteiger partial charge on any atom is -0.479 e. The van der Waals surface area contributed by atoms with Gasteiger partial charge in [0.25, 0.3) is 0 Å². The standard InChI is InChI=1S/C7H11N3O2/c1-6(9-10-6)4-3-7(4,8-2)5(11)12/h4,9-10H,2-3H2,1H3,(H,11,12). The molecule has 2 unspecified atom stereocenters. The van der Waals surface area contributed by atoms with E-state index >= 15 is 0 Å². The molecule has 0 amide bonds. The van der Waals surface area contributed by atoms with E-state index in [1.165, 1.54) is 0 Å². The lowest BCUT2D eigenvalue weighted by Gasteiger charge is -2.07. The lowest BCUT2D eigenvalue weighted by molar-refractivity contribution is -0.140. The van der Waals surface area contributed by atoms with E-state index in [2.05, 4.69) is 22.6 Å². The van der Waals surface area contributed by atoms with E-state index in [-0.39, 0.29) is 11.6 Å². The van der Waals surface area contributed by atoms with Crippen LogP contribution in [-0.4, -0.2) is 29.0 Å². The number of carboxylic acids is 1. The van der Waals surface area contributed by atoms with Crippen molar-refractivity contribution in [2.24, 2.45) is 10.9 Å². The van der Waals surface area contributed by atoms with Gasteiger partial charge in [0.15, 0.2) is 5.54 Å². The molecule has 5 nitrogen and oxygen atoms in total. The summed E-state index contributed by atoms with van der Waals surface area (Å²) in [5.74, 6) is -0.848. The van der Waals surface area contributed by atoms with Crippen molar-refractivity contribution in [2.75, 3.05) is 0 Å². The molecule has 0 spiro atoms. The normalized spacial score (nSPS) is 41.9. The topological polar surface area (TPSA) is 93.5 Å². The van der Waals surface area contributed by atoms with Crippen LogP contribution in [0.15, 0.2) is 4.99 Å². The summed E-state index contributed by atoms with van der Waals surface area (Å²) >= 11 is 0. The van der Waals surface area contributed by atoms with Gasteiger partial charge in [0.1, 0.15) is 0 Å². The first-order chi connectivity index (χ1) is 5.55. The van der Waals surface area contributed by atoms with Crippen LogP contribution in [0.3, 0.4) is 0 Å². The quantitative estimate of drug-likeness (QED) is 0.386. The second-order valence-corrected chi connectivity index (χ2v) is 3.60. The molecule has 1 saturated carbocycles. The third-order valence-electron chi connectivity index (χ3n) is 2.80. The third-order valence-corrected chi connectivity index (χ3v) is 2.80. The highest BCUT2D eigenvalue weighted by Gasteiger charge is 2.70. The zero-order valence-electron chi connectivity index (χ0n) is 6.79. The van der Waals surface area contributed by atoms with Crippen molar-refractivity contribution in [3.63, 3.8) is 0 Å². The molecule has 1 aliphatic carbocycles. The van der Waals surface area contributed by atoms with Gasteiger partial charge in [-0.15, -0.1) is 0 Å². The third kappa shape index (κ3) is 0.748. The molecule has 0 aromatic rings. The number of carbonyl (C=O) groups is 1. The smallest absolute Gasteiger partial charge is 0.331 e. The van der Waals surface area contributed by atoms with Crippen molar-refractivity contribution in [3.8, 4) is 0 Å². The number of aliphatic carboxylic acids is 1. The van der Waals surface area contributed by atoms with E-state index in [1.807, 2.05) is 6.92 Å². The average molecular weight is 169 g/mol. The molecular formula is C7H11N3O2. The molecule has 2 aliphatic rings. The van der Waals surface area contributed by atoms with Gasteiger partial charge in [0.05, 0.1) is 5.66 Å². The largest absolute Gasteiger partial charge is 0.479 e. The fraction of sp³-hybridized carbons (Fsp3) is 0.714. The Balaban J connectivity index is 2.16. The Morgan fingerprint density at radius 1 is 1.75 bits per heavy atom. The van der Waals surface area contributed by atoms with Gasteiger partial charge in [-0.25, -0.2) is 15.6 Å². The van der Waals surface area contributed by atoms with E-state index < -0.39 is 11.5 Å². The number of hydrogen-bond acceptors (Lipinski definition) is 4. The van der Waals surface area contributed by atoms with E-state index in [4.69, 9.17) is 5.11 Å². The number of carboxylic acid groups (broad SMARTS) is 1. The van der Waals surface area contributed by atoms with Crippen LogP contribution in [0.5, 0.6) is 0 Å². The molecule has 2 fully saturated rings. The van der Waals surface area contributed by atoms with Crippen LogP contribution < -0.4 is 10.9 Å². The lowest BCUT2D eigenvalue weighted by Crippen LogP contribution is -2.29. The van der Waals surface area contributed by atoms with Gasteiger partial charge in [0.2, 0.25) is 0 Å². The van der Waals surface area contributed by atoms with E-state index in [0.717, 1.165) is 0 Å². The maximum absolute atomic E-state index is 10.8. The zero-order chi connectivity index (χ0) is 8.98. The Hall–Kier alpha value is -0.940. The van der Waals surface area contributed by atoms with Gasteiger partial charge in [-0.05, 0) is 20.1 Å². The molecule has 1 saturated heterocycles. The van der Waals surface area contributed by atoms with E-state index in [1.54, 1.807) is 0 Å². The van der Waals surface area contributed by atoms with Crippen molar-refractivity contribution in [1.82, 2.24) is 10.9 Å². The van der Waals surface area contributed by atoms with Crippen LogP contribution in [-0.2, 0) is 4.79 Å². The molecule has 0 bridgehead atoms. The number of hydrazine groups is 1. The summed E-state index contributed by atoms with van der Waals surface area (Å²) in [7, 11) is 0. The highest BCUT2D eigenvalue weighted by molar-refractivity contribution is 5.85. The minimum absolute atomic E-state index is 0.0278. The molecule has 0 radical (unpaired) electrons. The first-order valence-electron chi connectivity index (χ1n) is 3.81. The number of aliphatic imine (C=N–C) groups is 1. The van der Waals surface area contributed by atoms with Crippen molar-refractivity contribution >= 4 is 12.7 Å². The molecule has 66 valence electrons. The molecule has 1 heterocycles. The molecule has 12 heavy (non-hydrogen) atoms. The van der Waals surface area contributed by atoms with Gasteiger partial charge in [-0.2, -0.15) is 0 Å². The van der Waals surface area contributed by atoms with Crippen LogP contribution >= 0.6 is 0 Å². The fourth-order valence-corrected chi connectivity index (χ4v) is 1.69. The van der Waals surface area contributed by atoms with Crippen LogP contribution in [0.2, 0.25) is 0 Å². The summed E-state index contributed by atoms with van der Waals surface area (Å²) in [5.41, 5.74) is 4.66. The summed E-state index contributed by atoms with van der Waals surface area (Å²) in [6.07, 6.45) is 0.572. The van der Waals surface area contributed by atoms with Gasteiger partial charge in [-0.1, -0.05) is 0 Å². The van der Waals surface area contributed by atoms with Crippen molar-refractivity contribution in [3.05, 3.63) is 0 Å². The molecule has 2 rings (SSSR count). The van der Waals surface area contributed by atoms with E-state index in [9.17, 15) is 4.79 Å². The Morgan fingerprint density at radius 2 is 2.33 bits per heavy atom. The SMILES string of the molecule is C=NC1(C(=O)O)CC1C1(C)NN1. The van der Waals surface area contributed by atoms with Crippen LogP contribution in [0.25, 0.3) is 0 Å². The zero-order valence-corrected chi connectivity index (χ0v) is 6.79. The fourth-order valence-electron chi connectivity index (χ4n) is 1.69. The molecule has 0 aromatic heterocycles. The number of nitrogens with zero attached hydrogens (tertiary/aromatic N) is 1. The van der Waals surface area contributed by atoms with Crippen LogP contribution in [0, 0.1) is 5.92 Å². The van der Waals surface area contributed by atoms with Crippen molar-refractivity contribution in [1.29, 1.82) is 0 Å². The summed E-state index contributed by atoms with van der Waals surface area (Å²) < 4.78 is 0. The van der Waals surface area contributed by atoms with Gasteiger partial charge < -0.3 is 5.11 Å². The molecule has 2 atom stereocenters. The molecular weight excluding hydrogens is 158 g/mol. The monoisotopic (exact) mass is 169 g/mol. The highest BCUT2D eigenvalue weighted by atomic mass is 16.4. The van der Waals surface area contributed by atoms with Crippen molar-refractivity contribution < 1.29 is 9.90 Å². The summed E-state index contributed by atoms with van der Waals surface area (Å²) in [6, 6.07) is 0. The molecule has 0 aromatic carbocycles. The highest BCUT2D eigenvalue weighted by Crippen LogP contribution is 2.54. The number of rotatable bonds is 3. The average Bonchev–Trinajstić information content (AvgIpc) is 2.82. The first kappa shape index (κ1) is 7.70. The Kier molecular flexibility index (Phi) is 1.19. The minimum atomic E-state index is -0.939. The first-order valence-corrected chi connectivity index (χ1v) is 3.81. The maximum atomic E-state index is 10.8. The summed E-state index contributed by atoms with van der Waals surface area (Å²) in [6.45, 7) is 5.25. The van der Waals surface area contributed by atoms with Crippen LogP contribution in [0.4, 0.5) is 0 Å². The Morgan fingerprint density at radius 3 is 2.58 bits per heavy atom.